The van der Waals surface area contributed by atoms with Gasteiger partial charge in [0.2, 0.25) is 11.8 Å². The van der Waals surface area contributed by atoms with Gasteiger partial charge in [-0.25, -0.2) is 0 Å². The largest absolute Gasteiger partial charge is 0.372 e. The van der Waals surface area contributed by atoms with Gasteiger partial charge in [-0.2, -0.15) is 0 Å². The van der Waals surface area contributed by atoms with Crippen molar-refractivity contribution in [3.8, 4) is 0 Å². The second-order valence-electron chi connectivity index (χ2n) is 12.3. The molecule has 0 bridgehead atoms. The van der Waals surface area contributed by atoms with E-state index in [2.05, 4.69) is 32.6 Å². The molecule has 1 unspecified atom stereocenters. The van der Waals surface area contributed by atoms with Crippen LogP contribution in [0.1, 0.15) is 73.7 Å². The van der Waals surface area contributed by atoms with Crippen molar-refractivity contribution >= 4 is 23.4 Å². The molecule has 4 saturated heterocycles. The highest BCUT2D eigenvalue weighted by Gasteiger charge is 2.39. The Labute approximate surface area is 226 Å². The van der Waals surface area contributed by atoms with E-state index >= 15 is 0 Å². The molecule has 5 aliphatic heterocycles. The average Bonchev–Trinajstić information content (AvgIpc) is 3.26. The minimum Gasteiger partial charge on any atom is -0.372 e. The lowest BCUT2D eigenvalue weighted by atomic mass is 9.83. The Morgan fingerprint density at radius 1 is 0.816 bits per heavy atom. The zero-order valence-electron chi connectivity index (χ0n) is 22.6. The van der Waals surface area contributed by atoms with E-state index in [9.17, 15) is 14.4 Å². The summed E-state index contributed by atoms with van der Waals surface area (Å²) in [5.74, 6) is 1.96. The molecule has 6 rings (SSSR count). The van der Waals surface area contributed by atoms with Gasteiger partial charge in [0.25, 0.3) is 5.91 Å². The van der Waals surface area contributed by atoms with Gasteiger partial charge in [-0.05, 0) is 119 Å². The van der Waals surface area contributed by atoms with Gasteiger partial charge in [0.1, 0.15) is 6.04 Å². The summed E-state index contributed by atoms with van der Waals surface area (Å²) in [6.07, 6.45) is 10.1. The van der Waals surface area contributed by atoms with Crippen LogP contribution in [0.3, 0.4) is 0 Å². The normalized spacial score (nSPS) is 26.6. The molecule has 1 aromatic carbocycles. The van der Waals surface area contributed by atoms with Crippen LogP contribution in [-0.4, -0.2) is 79.4 Å². The number of nitrogens with zero attached hydrogens (tertiary/aromatic N) is 3. The van der Waals surface area contributed by atoms with Gasteiger partial charge in [0.05, 0.1) is 0 Å². The van der Waals surface area contributed by atoms with E-state index in [0.717, 1.165) is 36.4 Å². The van der Waals surface area contributed by atoms with Crippen LogP contribution in [0, 0.1) is 17.8 Å². The maximum atomic E-state index is 13.0. The van der Waals surface area contributed by atoms with E-state index in [4.69, 9.17) is 0 Å². The number of hydrogen-bond acceptors (Lipinski definition) is 6. The number of likely N-dealkylation sites (tertiary alicyclic amines) is 1. The highest BCUT2D eigenvalue weighted by molar-refractivity contribution is 6.05. The summed E-state index contributed by atoms with van der Waals surface area (Å²) >= 11 is 0. The minimum absolute atomic E-state index is 0.0979. The maximum absolute atomic E-state index is 13.0. The lowest BCUT2D eigenvalue weighted by Gasteiger charge is -2.39. The highest BCUT2D eigenvalue weighted by Crippen LogP contribution is 2.33. The number of carbonyl (C=O) groups is 3. The van der Waals surface area contributed by atoms with E-state index < -0.39 is 6.04 Å². The SMILES string of the molecule is O=C1CCC(N2Cc3cc(N4CCC(CN5CCC(CC6CCNCC6)CC5)CC4)ccc3C2=O)C(=O)N1. The van der Waals surface area contributed by atoms with Crippen LogP contribution in [0.5, 0.6) is 0 Å². The van der Waals surface area contributed by atoms with Crippen LogP contribution in [0.2, 0.25) is 0 Å². The van der Waals surface area contributed by atoms with Crippen LogP contribution in [0.4, 0.5) is 5.69 Å². The Balaban J connectivity index is 0.968. The van der Waals surface area contributed by atoms with Crippen LogP contribution in [-0.2, 0) is 16.1 Å². The smallest absolute Gasteiger partial charge is 0.255 e. The van der Waals surface area contributed by atoms with Gasteiger partial charge < -0.3 is 20.0 Å². The van der Waals surface area contributed by atoms with Gasteiger partial charge in [-0.3, -0.25) is 19.7 Å². The summed E-state index contributed by atoms with van der Waals surface area (Å²) < 4.78 is 0. The molecule has 8 heteroatoms. The third kappa shape index (κ3) is 5.62. The van der Waals surface area contributed by atoms with Gasteiger partial charge in [0, 0.05) is 43.9 Å². The standard InChI is InChI=1S/C30H43N5O3/c36-28-4-3-27(29(37)32-28)35-20-24-18-25(1-2-26(24)30(35)38)34-15-9-23(10-16-34)19-33-13-7-22(8-14-33)17-21-5-11-31-12-6-21/h1-2,18,21-23,27,31H,3-17,19-20H2,(H,32,36,37). The summed E-state index contributed by atoms with van der Waals surface area (Å²) in [5.41, 5.74) is 2.86. The molecule has 5 aliphatic rings. The number of nitrogens with one attached hydrogen (secondary N) is 2. The highest BCUT2D eigenvalue weighted by atomic mass is 16.2. The molecule has 5 heterocycles. The van der Waals surface area contributed by atoms with Crippen molar-refractivity contribution in [3.63, 3.8) is 0 Å². The molecule has 0 aromatic heterocycles. The molecule has 0 aliphatic carbocycles. The van der Waals surface area contributed by atoms with E-state index in [-0.39, 0.29) is 24.1 Å². The summed E-state index contributed by atoms with van der Waals surface area (Å²) in [4.78, 5) is 43.7. The zero-order valence-corrected chi connectivity index (χ0v) is 22.6. The first kappa shape index (κ1) is 25.8. The fourth-order valence-electron chi connectivity index (χ4n) is 7.49. The molecular formula is C30H43N5O3. The average molecular weight is 522 g/mol. The van der Waals surface area contributed by atoms with Gasteiger partial charge in [0.15, 0.2) is 0 Å². The Hall–Kier alpha value is -2.45. The van der Waals surface area contributed by atoms with Crippen LogP contribution in [0.25, 0.3) is 0 Å². The fourth-order valence-corrected chi connectivity index (χ4v) is 7.49. The number of fused-ring (bicyclic) bond motifs is 1. The maximum Gasteiger partial charge on any atom is 0.255 e. The summed E-state index contributed by atoms with van der Waals surface area (Å²) in [7, 11) is 0. The van der Waals surface area contributed by atoms with Crippen molar-refractivity contribution in [2.75, 3.05) is 50.7 Å². The molecule has 0 saturated carbocycles. The summed E-state index contributed by atoms with van der Waals surface area (Å²) in [6, 6.07) is 5.59. The number of imide groups is 1. The first-order valence-corrected chi connectivity index (χ1v) is 15.0. The van der Waals surface area contributed by atoms with Crippen molar-refractivity contribution in [2.45, 2.75) is 70.4 Å². The predicted molar refractivity (Wildman–Crippen MR) is 147 cm³/mol. The number of carbonyl (C=O) groups excluding carboxylic acids is 3. The van der Waals surface area contributed by atoms with Crippen LogP contribution in [0.15, 0.2) is 18.2 Å². The first-order chi connectivity index (χ1) is 18.5. The molecule has 0 spiro atoms. The quantitative estimate of drug-likeness (QED) is 0.560. The van der Waals surface area contributed by atoms with E-state index in [1.54, 1.807) is 4.90 Å². The third-order valence-corrected chi connectivity index (χ3v) is 9.84. The van der Waals surface area contributed by atoms with Crippen molar-refractivity contribution in [2.24, 2.45) is 17.8 Å². The number of benzene rings is 1. The van der Waals surface area contributed by atoms with Gasteiger partial charge in [-0.1, -0.05) is 0 Å². The lowest BCUT2D eigenvalue weighted by Crippen LogP contribution is -2.52. The molecule has 8 nitrogen and oxygen atoms in total. The number of piperidine rings is 4. The Morgan fingerprint density at radius 2 is 1.53 bits per heavy atom. The number of rotatable bonds is 6. The van der Waals surface area contributed by atoms with Crippen LogP contribution < -0.4 is 15.5 Å². The number of anilines is 1. The van der Waals surface area contributed by atoms with Gasteiger partial charge in [-0.15, -0.1) is 0 Å². The second-order valence-corrected chi connectivity index (χ2v) is 12.3. The topological polar surface area (TPSA) is 85.0 Å². The molecule has 4 fully saturated rings. The summed E-state index contributed by atoms with van der Waals surface area (Å²) in [5, 5.41) is 5.88. The number of hydrogen-bond donors (Lipinski definition) is 2. The Bertz CT molecular complexity index is 1040. The molecule has 1 aromatic rings. The zero-order chi connectivity index (χ0) is 26.1. The van der Waals surface area contributed by atoms with Crippen molar-refractivity contribution in [1.29, 1.82) is 0 Å². The Morgan fingerprint density at radius 3 is 2.26 bits per heavy atom. The molecular weight excluding hydrogens is 478 g/mol. The second kappa shape index (κ2) is 11.3. The molecule has 3 amide bonds. The molecule has 38 heavy (non-hydrogen) atoms. The molecule has 0 radical (unpaired) electrons. The lowest BCUT2D eigenvalue weighted by molar-refractivity contribution is -0.136. The van der Waals surface area contributed by atoms with E-state index in [0.29, 0.717) is 18.5 Å². The summed E-state index contributed by atoms with van der Waals surface area (Å²) in [6.45, 7) is 8.78. The Kier molecular flexibility index (Phi) is 7.70. The fraction of sp³-hybridized carbons (Fsp3) is 0.700. The molecule has 1 atom stereocenters. The monoisotopic (exact) mass is 521 g/mol. The first-order valence-electron chi connectivity index (χ1n) is 15.0. The predicted octanol–water partition coefficient (Wildman–Crippen LogP) is 2.77. The van der Waals surface area contributed by atoms with Gasteiger partial charge >= 0.3 is 0 Å². The minimum atomic E-state index is -0.554. The third-order valence-electron chi connectivity index (χ3n) is 9.84. The van der Waals surface area contributed by atoms with Crippen molar-refractivity contribution in [3.05, 3.63) is 29.3 Å². The van der Waals surface area contributed by atoms with Crippen molar-refractivity contribution < 1.29 is 14.4 Å². The molecule has 206 valence electrons. The van der Waals surface area contributed by atoms with E-state index in [1.165, 1.54) is 83.4 Å². The molecule has 2 N–H and O–H groups in total. The number of amides is 3. The van der Waals surface area contributed by atoms with Crippen LogP contribution >= 0.6 is 0 Å². The van der Waals surface area contributed by atoms with E-state index in [1.807, 2.05) is 6.07 Å². The van der Waals surface area contributed by atoms with Crippen molar-refractivity contribution in [1.82, 2.24) is 20.4 Å².